The van der Waals surface area contributed by atoms with Crippen molar-refractivity contribution in [1.82, 2.24) is 5.32 Å². The summed E-state index contributed by atoms with van der Waals surface area (Å²) in [5, 5.41) is 2.27. The van der Waals surface area contributed by atoms with Gasteiger partial charge in [-0.2, -0.15) is 0 Å². The first-order valence-electron chi connectivity index (χ1n) is 5.88. The van der Waals surface area contributed by atoms with Crippen molar-refractivity contribution in [1.29, 1.82) is 0 Å². The number of nitrogens with two attached hydrogens (primary N) is 1. The number of hydrogen-bond acceptors (Lipinski definition) is 2. The Morgan fingerprint density at radius 1 is 1.40 bits per heavy atom. The van der Waals surface area contributed by atoms with E-state index in [0.29, 0.717) is 0 Å². The Morgan fingerprint density at radius 2 is 1.95 bits per heavy atom. The van der Waals surface area contributed by atoms with Crippen LogP contribution in [0.3, 0.4) is 0 Å². The highest BCUT2D eigenvalue weighted by atomic mass is 35.5. The fourth-order valence-corrected chi connectivity index (χ4v) is 1.60. The minimum absolute atomic E-state index is 0. The van der Waals surface area contributed by atoms with Gasteiger partial charge >= 0.3 is 0 Å². The van der Waals surface area contributed by atoms with Gasteiger partial charge in [0.15, 0.2) is 0 Å². The van der Waals surface area contributed by atoms with Crippen molar-refractivity contribution >= 4 is 29.9 Å². The molecule has 0 radical (unpaired) electrons. The van der Waals surface area contributed by atoms with E-state index in [2.05, 4.69) is 5.32 Å². The molecule has 1 atom stereocenters. The monoisotopic (exact) mass is 326 g/mol. The summed E-state index contributed by atoms with van der Waals surface area (Å²) in [5.41, 5.74) is 4.54. The highest BCUT2D eigenvalue weighted by Crippen LogP contribution is 2.21. The minimum atomic E-state index is -0.868. The quantitative estimate of drug-likeness (QED) is 0.835. The second kappa shape index (κ2) is 7.20. The van der Waals surface area contributed by atoms with Gasteiger partial charge in [0.25, 0.3) is 5.91 Å². The largest absolute Gasteiger partial charge is 0.345 e. The molecule has 3 N–H and O–H groups in total. The summed E-state index contributed by atoms with van der Waals surface area (Å²) in [6.45, 7) is 5.70. The van der Waals surface area contributed by atoms with Crippen LogP contribution in [-0.4, -0.2) is 18.0 Å². The third-order valence-electron chi connectivity index (χ3n) is 3.35. The van der Waals surface area contributed by atoms with Crippen LogP contribution in [0, 0.1) is 17.6 Å². The molecular weight excluding hydrogens is 309 g/mol. The van der Waals surface area contributed by atoms with Crippen molar-refractivity contribution in [3.05, 3.63) is 34.4 Å². The molecule has 0 spiro atoms. The molecule has 0 heterocycles. The van der Waals surface area contributed by atoms with E-state index in [9.17, 15) is 13.6 Å². The second-order valence-corrected chi connectivity index (χ2v) is 5.38. The van der Waals surface area contributed by atoms with E-state index in [1.807, 2.05) is 13.8 Å². The average Bonchev–Trinajstić information content (AvgIpc) is 2.33. The van der Waals surface area contributed by atoms with Crippen LogP contribution < -0.4 is 11.1 Å². The van der Waals surface area contributed by atoms with Gasteiger partial charge in [-0.1, -0.05) is 25.4 Å². The Kier molecular flexibility index (Phi) is 6.87. The Bertz CT molecular complexity index is 498. The lowest BCUT2D eigenvalue weighted by atomic mass is 9.88. The molecule has 0 fully saturated rings. The van der Waals surface area contributed by atoms with E-state index in [4.69, 9.17) is 17.3 Å². The number of carbonyl (C=O) groups excluding carboxylic acids is 1. The predicted molar refractivity (Wildman–Crippen MR) is 78.4 cm³/mol. The van der Waals surface area contributed by atoms with Gasteiger partial charge in [-0.3, -0.25) is 4.79 Å². The maximum absolute atomic E-state index is 13.6. The number of amides is 1. The van der Waals surface area contributed by atoms with Gasteiger partial charge in [0.2, 0.25) is 0 Å². The second-order valence-electron chi connectivity index (χ2n) is 4.98. The van der Waals surface area contributed by atoms with Crippen LogP contribution in [0.4, 0.5) is 8.78 Å². The molecule has 3 nitrogen and oxygen atoms in total. The lowest BCUT2D eigenvalue weighted by Crippen LogP contribution is -2.55. The third kappa shape index (κ3) is 4.04. The molecule has 0 saturated carbocycles. The maximum atomic E-state index is 13.6. The first-order chi connectivity index (χ1) is 8.71. The molecule has 114 valence electrons. The van der Waals surface area contributed by atoms with Crippen LogP contribution in [0.1, 0.15) is 31.1 Å². The summed E-state index contributed by atoms with van der Waals surface area (Å²) < 4.78 is 26.9. The van der Waals surface area contributed by atoms with Crippen LogP contribution in [-0.2, 0) is 0 Å². The van der Waals surface area contributed by atoms with Crippen molar-refractivity contribution in [2.24, 2.45) is 11.7 Å². The Balaban J connectivity index is 0.00000361. The summed E-state index contributed by atoms with van der Waals surface area (Å²) >= 11 is 5.43. The van der Waals surface area contributed by atoms with Gasteiger partial charge in [0, 0.05) is 6.54 Å². The summed E-state index contributed by atoms with van der Waals surface area (Å²) in [6.07, 6.45) is 0. The van der Waals surface area contributed by atoms with Gasteiger partial charge in [-0.15, -0.1) is 12.4 Å². The number of benzene rings is 1. The molecular formula is C13H18Cl2F2N2O. The molecule has 1 aromatic carbocycles. The lowest BCUT2D eigenvalue weighted by molar-refractivity contribution is 0.0878. The normalized spacial score (nSPS) is 13.6. The van der Waals surface area contributed by atoms with Crippen LogP contribution in [0.25, 0.3) is 0 Å². The van der Waals surface area contributed by atoms with Gasteiger partial charge in [-0.05, 0) is 25.0 Å². The standard InChI is InChI=1S/C13H17ClF2N2O.ClH/c1-7(2)13(3,6-17)18-12(19)8-4-11(16)9(14)5-10(8)15;/h4-5,7H,6,17H2,1-3H3,(H,18,19);1H. The molecule has 0 aromatic heterocycles. The zero-order valence-corrected chi connectivity index (χ0v) is 13.0. The Labute approximate surface area is 128 Å². The molecule has 7 heteroatoms. The van der Waals surface area contributed by atoms with Crippen LogP contribution >= 0.6 is 24.0 Å². The Morgan fingerprint density at radius 3 is 2.40 bits per heavy atom. The van der Waals surface area contributed by atoms with Crippen molar-refractivity contribution in [3.63, 3.8) is 0 Å². The molecule has 1 amide bonds. The molecule has 1 rings (SSSR count). The zero-order valence-electron chi connectivity index (χ0n) is 11.5. The highest BCUT2D eigenvalue weighted by molar-refractivity contribution is 6.30. The topological polar surface area (TPSA) is 55.1 Å². The molecule has 0 saturated heterocycles. The number of halogens is 4. The van der Waals surface area contributed by atoms with Gasteiger partial charge < -0.3 is 11.1 Å². The highest BCUT2D eigenvalue weighted by Gasteiger charge is 2.30. The summed E-state index contributed by atoms with van der Waals surface area (Å²) in [6, 6.07) is 1.56. The molecule has 20 heavy (non-hydrogen) atoms. The van der Waals surface area contributed by atoms with Crippen molar-refractivity contribution < 1.29 is 13.6 Å². The number of hydrogen-bond donors (Lipinski definition) is 2. The van der Waals surface area contributed by atoms with E-state index in [1.165, 1.54) is 0 Å². The Hall–Kier alpha value is -0.910. The van der Waals surface area contributed by atoms with Gasteiger partial charge in [-0.25, -0.2) is 8.78 Å². The summed E-state index contributed by atoms with van der Waals surface area (Å²) in [5.74, 6) is -2.38. The molecule has 0 aliphatic carbocycles. The van der Waals surface area contributed by atoms with E-state index in [1.54, 1.807) is 6.92 Å². The van der Waals surface area contributed by atoms with E-state index in [-0.39, 0.29) is 35.5 Å². The van der Waals surface area contributed by atoms with Crippen molar-refractivity contribution in [2.45, 2.75) is 26.3 Å². The lowest BCUT2D eigenvalue weighted by Gasteiger charge is -2.33. The molecule has 0 bridgehead atoms. The fourth-order valence-electron chi connectivity index (χ4n) is 1.45. The number of rotatable bonds is 4. The number of nitrogens with one attached hydrogen (secondary N) is 1. The zero-order chi connectivity index (χ0) is 14.8. The first kappa shape index (κ1) is 19.1. The van der Waals surface area contributed by atoms with E-state index >= 15 is 0 Å². The van der Waals surface area contributed by atoms with Crippen molar-refractivity contribution in [3.8, 4) is 0 Å². The molecule has 0 aliphatic rings. The van der Waals surface area contributed by atoms with E-state index in [0.717, 1.165) is 12.1 Å². The average molecular weight is 327 g/mol. The van der Waals surface area contributed by atoms with E-state index < -0.39 is 23.1 Å². The SMILES string of the molecule is CC(C)C(C)(CN)NC(=O)c1cc(F)c(Cl)cc1F.Cl. The molecule has 1 unspecified atom stereocenters. The first-order valence-corrected chi connectivity index (χ1v) is 6.26. The third-order valence-corrected chi connectivity index (χ3v) is 3.64. The maximum Gasteiger partial charge on any atom is 0.254 e. The van der Waals surface area contributed by atoms with Gasteiger partial charge in [0.05, 0.1) is 16.1 Å². The summed E-state index contributed by atoms with van der Waals surface area (Å²) in [4.78, 5) is 12.0. The molecule has 0 aliphatic heterocycles. The number of carbonyl (C=O) groups is 1. The summed E-state index contributed by atoms with van der Waals surface area (Å²) in [7, 11) is 0. The van der Waals surface area contributed by atoms with Crippen LogP contribution in [0.2, 0.25) is 5.02 Å². The fraction of sp³-hybridized carbons (Fsp3) is 0.462. The van der Waals surface area contributed by atoms with Crippen LogP contribution in [0.5, 0.6) is 0 Å². The van der Waals surface area contributed by atoms with Crippen LogP contribution in [0.15, 0.2) is 12.1 Å². The van der Waals surface area contributed by atoms with Crippen molar-refractivity contribution in [2.75, 3.05) is 6.54 Å². The molecule has 1 aromatic rings. The predicted octanol–water partition coefficient (Wildman–Crippen LogP) is 3.14. The minimum Gasteiger partial charge on any atom is -0.345 e. The van der Waals surface area contributed by atoms with Gasteiger partial charge in [0.1, 0.15) is 11.6 Å². The smallest absolute Gasteiger partial charge is 0.254 e.